The fraction of sp³-hybridized carbons (Fsp3) is 0.929. The lowest BCUT2D eigenvalue weighted by molar-refractivity contribution is -0.127. The van der Waals surface area contributed by atoms with Crippen LogP contribution in [0.25, 0.3) is 0 Å². The number of likely N-dealkylation sites (tertiary alicyclic amines) is 1. The third kappa shape index (κ3) is 3.44. The highest BCUT2D eigenvalue weighted by atomic mass is 16.1. The molecule has 1 heterocycles. The molecule has 0 aromatic heterocycles. The van der Waals surface area contributed by atoms with Crippen molar-refractivity contribution in [1.29, 1.82) is 0 Å². The Morgan fingerprint density at radius 2 is 1.88 bits per heavy atom. The Morgan fingerprint density at radius 3 is 2.35 bits per heavy atom. The summed E-state index contributed by atoms with van der Waals surface area (Å²) < 4.78 is 0. The standard InChI is InChI=1S/C14H26N2O/c1-11(2)16-8-6-12(7-9-16)10-15-14(17)13-4-3-5-13/h11-13H,3-10H2,1-2H3,(H,15,17). The van der Waals surface area contributed by atoms with Gasteiger partial charge in [0.05, 0.1) is 0 Å². The van der Waals surface area contributed by atoms with Gasteiger partial charge in [-0.25, -0.2) is 0 Å². The van der Waals surface area contributed by atoms with Crippen molar-refractivity contribution in [3.05, 3.63) is 0 Å². The predicted molar refractivity (Wildman–Crippen MR) is 69.8 cm³/mol. The van der Waals surface area contributed by atoms with Gasteiger partial charge in [-0.15, -0.1) is 0 Å². The second-order valence-electron chi connectivity index (χ2n) is 5.95. The molecule has 3 heteroatoms. The third-order valence-electron chi connectivity index (χ3n) is 4.42. The van der Waals surface area contributed by atoms with Crippen molar-refractivity contribution in [1.82, 2.24) is 10.2 Å². The molecule has 1 N–H and O–H groups in total. The highest BCUT2D eigenvalue weighted by Gasteiger charge is 2.26. The van der Waals surface area contributed by atoms with Gasteiger partial charge in [0.25, 0.3) is 0 Å². The normalized spacial score (nSPS) is 23.7. The zero-order valence-electron chi connectivity index (χ0n) is 11.2. The van der Waals surface area contributed by atoms with Crippen LogP contribution in [-0.4, -0.2) is 36.5 Å². The van der Waals surface area contributed by atoms with Crippen molar-refractivity contribution >= 4 is 5.91 Å². The average molecular weight is 238 g/mol. The topological polar surface area (TPSA) is 32.3 Å². The number of carbonyl (C=O) groups excluding carboxylic acids is 1. The van der Waals surface area contributed by atoms with Crippen LogP contribution in [0.5, 0.6) is 0 Å². The fourth-order valence-electron chi connectivity index (χ4n) is 2.73. The summed E-state index contributed by atoms with van der Waals surface area (Å²) in [6.45, 7) is 7.82. The zero-order valence-corrected chi connectivity index (χ0v) is 11.2. The van der Waals surface area contributed by atoms with Crippen molar-refractivity contribution in [2.24, 2.45) is 11.8 Å². The minimum Gasteiger partial charge on any atom is -0.356 e. The number of nitrogens with one attached hydrogen (secondary N) is 1. The van der Waals surface area contributed by atoms with E-state index in [1.54, 1.807) is 0 Å². The molecule has 17 heavy (non-hydrogen) atoms. The van der Waals surface area contributed by atoms with Crippen molar-refractivity contribution in [2.75, 3.05) is 19.6 Å². The van der Waals surface area contributed by atoms with Gasteiger partial charge in [0.1, 0.15) is 0 Å². The molecule has 1 amide bonds. The summed E-state index contributed by atoms with van der Waals surface area (Å²) in [4.78, 5) is 14.3. The summed E-state index contributed by atoms with van der Waals surface area (Å²) in [5, 5.41) is 3.14. The Kier molecular flexibility index (Phi) is 4.43. The largest absolute Gasteiger partial charge is 0.356 e. The van der Waals surface area contributed by atoms with Crippen LogP contribution in [0, 0.1) is 11.8 Å². The molecule has 0 spiro atoms. The van der Waals surface area contributed by atoms with Gasteiger partial charge in [-0.2, -0.15) is 0 Å². The molecule has 1 saturated heterocycles. The van der Waals surface area contributed by atoms with E-state index in [2.05, 4.69) is 24.1 Å². The van der Waals surface area contributed by atoms with Crippen molar-refractivity contribution < 1.29 is 4.79 Å². The third-order valence-corrected chi connectivity index (χ3v) is 4.42. The second-order valence-corrected chi connectivity index (χ2v) is 5.95. The minimum atomic E-state index is 0.308. The number of rotatable bonds is 4. The van der Waals surface area contributed by atoms with Gasteiger partial charge in [-0.1, -0.05) is 6.42 Å². The molecule has 2 rings (SSSR count). The first-order valence-corrected chi connectivity index (χ1v) is 7.18. The van der Waals surface area contributed by atoms with Crippen LogP contribution in [0.15, 0.2) is 0 Å². The number of hydrogen-bond acceptors (Lipinski definition) is 2. The lowest BCUT2D eigenvalue weighted by atomic mass is 9.84. The van der Waals surface area contributed by atoms with Gasteiger partial charge >= 0.3 is 0 Å². The van der Waals surface area contributed by atoms with Crippen LogP contribution in [0.3, 0.4) is 0 Å². The van der Waals surface area contributed by atoms with Crippen molar-refractivity contribution in [2.45, 2.75) is 52.0 Å². The Bertz CT molecular complexity index is 253. The van der Waals surface area contributed by atoms with E-state index in [-0.39, 0.29) is 0 Å². The van der Waals surface area contributed by atoms with E-state index in [1.807, 2.05) is 0 Å². The summed E-state index contributed by atoms with van der Waals surface area (Å²) in [7, 11) is 0. The summed E-state index contributed by atoms with van der Waals surface area (Å²) in [5.74, 6) is 1.35. The lowest BCUT2D eigenvalue weighted by Crippen LogP contribution is -2.43. The van der Waals surface area contributed by atoms with E-state index < -0.39 is 0 Å². The van der Waals surface area contributed by atoms with E-state index in [9.17, 15) is 4.79 Å². The number of hydrogen-bond donors (Lipinski definition) is 1. The molecule has 98 valence electrons. The van der Waals surface area contributed by atoms with E-state index in [0.29, 0.717) is 23.8 Å². The summed E-state index contributed by atoms with van der Waals surface area (Å²) >= 11 is 0. The maximum atomic E-state index is 11.7. The monoisotopic (exact) mass is 238 g/mol. The Balaban J connectivity index is 1.62. The molecule has 0 unspecified atom stereocenters. The van der Waals surface area contributed by atoms with Crippen molar-refractivity contribution in [3.63, 3.8) is 0 Å². The Morgan fingerprint density at radius 1 is 1.24 bits per heavy atom. The van der Waals surface area contributed by atoms with Crippen LogP contribution in [-0.2, 0) is 4.79 Å². The highest BCUT2D eigenvalue weighted by Crippen LogP contribution is 2.26. The van der Waals surface area contributed by atoms with Gasteiger partial charge in [0.2, 0.25) is 5.91 Å². The molecule has 0 radical (unpaired) electrons. The Hall–Kier alpha value is -0.570. The van der Waals surface area contributed by atoms with E-state index in [0.717, 1.165) is 19.4 Å². The van der Waals surface area contributed by atoms with Crippen LogP contribution in [0.2, 0.25) is 0 Å². The second kappa shape index (κ2) is 5.85. The Labute approximate surface area is 105 Å². The van der Waals surface area contributed by atoms with Gasteiger partial charge in [-0.05, 0) is 58.5 Å². The summed E-state index contributed by atoms with van der Waals surface area (Å²) in [5.41, 5.74) is 0. The average Bonchev–Trinajstić information content (AvgIpc) is 2.24. The molecular weight excluding hydrogens is 212 g/mol. The summed E-state index contributed by atoms with van der Waals surface area (Å²) in [6.07, 6.45) is 5.94. The molecule has 1 aliphatic carbocycles. The molecule has 0 atom stereocenters. The summed E-state index contributed by atoms with van der Waals surface area (Å²) in [6, 6.07) is 0.667. The first kappa shape index (κ1) is 12.9. The van der Waals surface area contributed by atoms with Crippen molar-refractivity contribution in [3.8, 4) is 0 Å². The molecule has 0 bridgehead atoms. The zero-order chi connectivity index (χ0) is 12.3. The minimum absolute atomic E-state index is 0.308. The molecule has 0 aromatic rings. The smallest absolute Gasteiger partial charge is 0.223 e. The highest BCUT2D eigenvalue weighted by molar-refractivity contribution is 5.79. The van der Waals surface area contributed by atoms with Crippen LogP contribution in [0.4, 0.5) is 0 Å². The first-order chi connectivity index (χ1) is 8.16. The van der Waals surface area contributed by atoms with Crippen LogP contribution < -0.4 is 5.32 Å². The molecule has 2 fully saturated rings. The van der Waals surface area contributed by atoms with Crippen LogP contribution >= 0.6 is 0 Å². The number of piperidine rings is 1. The number of carbonyl (C=O) groups is 1. The lowest BCUT2D eigenvalue weighted by Gasteiger charge is -2.35. The quantitative estimate of drug-likeness (QED) is 0.812. The van der Waals surface area contributed by atoms with E-state index >= 15 is 0 Å². The number of amides is 1. The predicted octanol–water partition coefficient (Wildman–Crippen LogP) is 2.02. The van der Waals surface area contributed by atoms with Gasteiger partial charge in [0, 0.05) is 18.5 Å². The van der Waals surface area contributed by atoms with Gasteiger partial charge in [-0.3, -0.25) is 4.79 Å². The SMILES string of the molecule is CC(C)N1CCC(CNC(=O)C2CCC2)CC1. The molecule has 3 nitrogen and oxygen atoms in total. The molecule has 2 aliphatic rings. The molecule has 1 saturated carbocycles. The number of nitrogens with zero attached hydrogens (tertiary/aromatic N) is 1. The molecule has 1 aliphatic heterocycles. The van der Waals surface area contributed by atoms with Crippen LogP contribution in [0.1, 0.15) is 46.0 Å². The maximum absolute atomic E-state index is 11.7. The van der Waals surface area contributed by atoms with Gasteiger partial charge < -0.3 is 10.2 Å². The maximum Gasteiger partial charge on any atom is 0.223 e. The van der Waals surface area contributed by atoms with E-state index in [4.69, 9.17) is 0 Å². The van der Waals surface area contributed by atoms with Gasteiger partial charge in [0.15, 0.2) is 0 Å². The first-order valence-electron chi connectivity index (χ1n) is 7.18. The fourth-order valence-corrected chi connectivity index (χ4v) is 2.73. The molecular formula is C14H26N2O. The molecule has 0 aromatic carbocycles. The van der Waals surface area contributed by atoms with E-state index in [1.165, 1.54) is 32.4 Å².